The molecule has 1 unspecified atom stereocenters. The molecule has 3 rings (SSSR count). The van der Waals surface area contributed by atoms with Gasteiger partial charge >= 0.3 is 0 Å². The number of aryl methyl sites for hydroxylation is 1. The summed E-state index contributed by atoms with van der Waals surface area (Å²) < 4.78 is 0. The van der Waals surface area contributed by atoms with Crippen LogP contribution in [0.2, 0.25) is 0 Å². The summed E-state index contributed by atoms with van der Waals surface area (Å²) in [6.07, 6.45) is 3.86. The lowest BCUT2D eigenvalue weighted by molar-refractivity contribution is -0.118. The summed E-state index contributed by atoms with van der Waals surface area (Å²) in [7, 11) is 0. The van der Waals surface area contributed by atoms with Gasteiger partial charge in [0.2, 0.25) is 11.8 Å². The topological polar surface area (TPSA) is 61.4 Å². The molecule has 0 aromatic heterocycles. The minimum Gasteiger partial charge on any atom is -0.325 e. The van der Waals surface area contributed by atoms with E-state index in [1.807, 2.05) is 23.1 Å². The highest BCUT2D eigenvalue weighted by atomic mass is 35.5. The molecule has 0 saturated carbocycles. The predicted octanol–water partition coefficient (Wildman–Crippen LogP) is 2.10. The third-order valence-electron chi connectivity index (χ3n) is 4.22. The van der Waals surface area contributed by atoms with Crippen LogP contribution in [0.25, 0.3) is 0 Å². The van der Waals surface area contributed by atoms with Gasteiger partial charge in [0.25, 0.3) is 0 Å². The minimum atomic E-state index is -0.0743. The van der Waals surface area contributed by atoms with Crippen LogP contribution in [-0.2, 0) is 16.0 Å². The molecule has 1 saturated heterocycles. The first-order valence-electron chi connectivity index (χ1n) is 7.60. The lowest BCUT2D eigenvalue weighted by Crippen LogP contribution is -2.36. The van der Waals surface area contributed by atoms with Crippen LogP contribution in [0.1, 0.15) is 31.7 Å². The van der Waals surface area contributed by atoms with E-state index in [1.54, 1.807) is 6.92 Å². The lowest BCUT2D eigenvalue weighted by atomic mass is 10.0. The average molecular weight is 324 g/mol. The maximum atomic E-state index is 12.1. The maximum Gasteiger partial charge on any atom is 0.241 e. The monoisotopic (exact) mass is 323 g/mol. The predicted molar refractivity (Wildman–Crippen MR) is 89.7 cm³/mol. The number of anilines is 2. The zero-order valence-corrected chi connectivity index (χ0v) is 13.5. The first-order chi connectivity index (χ1) is 10.1. The molecule has 2 heterocycles. The van der Waals surface area contributed by atoms with Crippen molar-refractivity contribution in [3.05, 3.63) is 23.8 Å². The highest BCUT2D eigenvalue weighted by molar-refractivity contribution is 5.96. The van der Waals surface area contributed by atoms with Crippen molar-refractivity contribution in [2.45, 2.75) is 38.6 Å². The minimum absolute atomic E-state index is 0. The summed E-state index contributed by atoms with van der Waals surface area (Å²) in [5.41, 5.74) is 2.93. The zero-order chi connectivity index (χ0) is 14.8. The number of carbonyl (C=O) groups is 2. The molecule has 2 aliphatic rings. The molecule has 6 heteroatoms. The molecular weight excluding hydrogens is 302 g/mol. The summed E-state index contributed by atoms with van der Waals surface area (Å²) in [4.78, 5) is 25.6. The number of rotatable bonds is 2. The molecule has 2 N–H and O–H groups in total. The van der Waals surface area contributed by atoms with Crippen LogP contribution in [0.5, 0.6) is 0 Å². The number of carbonyl (C=O) groups excluding carboxylic acids is 2. The van der Waals surface area contributed by atoms with Gasteiger partial charge in [-0.2, -0.15) is 0 Å². The van der Waals surface area contributed by atoms with E-state index in [4.69, 9.17) is 0 Å². The van der Waals surface area contributed by atoms with Gasteiger partial charge in [-0.05, 0) is 56.0 Å². The van der Waals surface area contributed by atoms with Gasteiger partial charge in [-0.1, -0.05) is 0 Å². The van der Waals surface area contributed by atoms with Gasteiger partial charge in [0.05, 0.1) is 6.04 Å². The molecule has 5 nitrogen and oxygen atoms in total. The van der Waals surface area contributed by atoms with Crippen LogP contribution in [0.3, 0.4) is 0 Å². The van der Waals surface area contributed by atoms with Crippen molar-refractivity contribution in [2.24, 2.45) is 0 Å². The van der Waals surface area contributed by atoms with Crippen LogP contribution in [0.4, 0.5) is 11.4 Å². The molecule has 22 heavy (non-hydrogen) atoms. The number of fused-ring (bicyclic) bond motifs is 1. The van der Waals surface area contributed by atoms with Crippen LogP contribution < -0.4 is 15.5 Å². The number of nitrogens with zero attached hydrogens (tertiary/aromatic N) is 1. The van der Waals surface area contributed by atoms with Gasteiger partial charge in [-0.15, -0.1) is 12.4 Å². The van der Waals surface area contributed by atoms with E-state index in [0.717, 1.165) is 55.7 Å². The molecule has 120 valence electrons. The van der Waals surface area contributed by atoms with Crippen molar-refractivity contribution in [3.63, 3.8) is 0 Å². The van der Waals surface area contributed by atoms with E-state index >= 15 is 0 Å². The first-order valence-corrected chi connectivity index (χ1v) is 7.60. The Balaban J connectivity index is 0.00000176. The Morgan fingerprint density at radius 2 is 2.14 bits per heavy atom. The summed E-state index contributed by atoms with van der Waals surface area (Å²) in [6, 6.07) is 5.74. The number of benzene rings is 1. The first kappa shape index (κ1) is 16.8. The molecule has 0 aliphatic carbocycles. The molecule has 1 atom stereocenters. The molecule has 1 aromatic carbocycles. The van der Waals surface area contributed by atoms with E-state index in [-0.39, 0.29) is 30.3 Å². The number of halogens is 1. The Labute approximate surface area is 136 Å². The Morgan fingerprint density at radius 3 is 2.82 bits per heavy atom. The van der Waals surface area contributed by atoms with Gasteiger partial charge in [0.15, 0.2) is 0 Å². The Bertz CT molecular complexity index is 571. The fourth-order valence-electron chi connectivity index (χ4n) is 3.14. The van der Waals surface area contributed by atoms with Crippen molar-refractivity contribution < 1.29 is 9.59 Å². The number of nitrogens with one attached hydrogen (secondary N) is 2. The van der Waals surface area contributed by atoms with Crippen molar-refractivity contribution in [3.8, 4) is 0 Å². The smallest absolute Gasteiger partial charge is 0.241 e. The molecule has 0 spiro atoms. The van der Waals surface area contributed by atoms with E-state index in [0.29, 0.717) is 0 Å². The standard InChI is InChI=1S/C16H21N3O2.ClH/c1-11(20)19-9-3-4-12-10-13(6-7-15(12)19)18-16(21)14-5-2-8-17-14;/h6-7,10,14,17H,2-5,8-9H2,1H3,(H,18,21);1H. The fourth-order valence-corrected chi connectivity index (χ4v) is 3.14. The SMILES string of the molecule is CC(=O)N1CCCc2cc(NC(=O)C3CCCN3)ccc21.Cl. The van der Waals surface area contributed by atoms with Crippen LogP contribution >= 0.6 is 12.4 Å². The van der Waals surface area contributed by atoms with E-state index < -0.39 is 0 Å². The molecule has 0 radical (unpaired) electrons. The maximum absolute atomic E-state index is 12.1. The molecule has 0 bridgehead atoms. The van der Waals surface area contributed by atoms with Crippen molar-refractivity contribution in [1.29, 1.82) is 0 Å². The normalized spacial score (nSPS) is 20.0. The van der Waals surface area contributed by atoms with E-state index in [1.165, 1.54) is 0 Å². The Kier molecular flexibility index (Phi) is 5.42. The van der Waals surface area contributed by atoms with Gasteiger partial charge in [-0.3, -0.25) is 9.59 Å². The number of hydrogen-bond acceptors (Lipinski definition) is 3. The van der Waals surface area contributed by atoms with Gasteiger partial charge in [-0.25, -0.2) is 0 Å². The quantitative estimate of drug-likeness (QED) is 0.876. The van der Waals surface area contributed by atoms with Crippen LogP contribution in [-0.4, -0.2) is 30.9 Å². The van der Waals surface area contributed by atoms with E-state index in [9.17, 15) is 9.59 Å². The van der Waals surface area contributed by atoms with E-state index in [2.05, 4.69) is 10.6 Å². The van der Waals surface area contributed by atoms with Gasteiger partial charge < -0.3 is 15.5 Å². The largest absolute Gasteiger partial charge is 0.325 e. The Hall–Kier alpha value is -1.59. The number of amides is 2. The summed E-state index contributed by atoms with van der Waals surface area (Å²) in [6.45, 7) is 3.28. The molecule has 1 fully saturated rings. The summed E-state index contributed by atoms with van der Waals surface area (Å²) >= 11 is 0. The molecular formula is C16H22ClN3O2. The molecule has 2 aliphatic heterocycles. The van der Waals surface area contributed by atoms with Crippen LogP contribution in [0.15, 0.2) is 18.2 Å². The Morgan fingerprint density at radius 1 is 1.32 bits per heavy atom. The van der Waals surface area contributed by atoms with Crippen LogP contribution in [0, 0.1) is 0 Å². The fraction of sp³-hybridized carbons (Fsp3) is 0.500. The average Bonchev–Trinajstić information content (AvgIpc) is 3.00. The summed E-state index contributed by atoms with van der Waals surface area (Å²) in [5.74, 6) is 0.106. The van der Waals surface area contributed by atoms with Gasteiger partial charge in [0, 0.05) is 24.8 Å². The summed E-state index contributed by atoms with van der Waals surface area (Å²) in [5, 5.41) is 6.17. The highest BCUT2D eigenvalue weighted by Gasteiger charge is 2.23. The highest BCUT2D eigenvalue weighted by Crippen LogP contribution is 2.29. The zero-order valence-electron chi connectivity index (χ0n) is 12.7. The van der Waals surface area contributed by atoms with Crippen molar-refractivity contribution >= 4 is 35.6 Å². The molecule has 2 amide bonds. The third-order valence-corrected chi connectivity index (χ3v) is 4.22. The lowest BCUT2D eigenvalue weighted by Gasteiger charge is -2.29. The van der Waals surface area contributed by atoms with Gasteiger partial charge in [0.1, 0.15) is 0 Å². The second-order valence-electron chi connectivity index (χ2n) is 5.76. The van der Waals surface area contributed by atoms with Crippen molar-refractivity contribution in [2.75, 3.05) is 23.3 Å². The second-order valence-corrected chi connectivity index (χ2v) is 5.76. The second kappa shape index (κ2) is 7.11. The third kappa shape index (κ3) is 3.42. The molecule has 1 aromatic rings. The number of hydrogen-bond donors (Lipinski definition) is 2. The van der Waals surface area contributed by atoms with Crippen molar-refractivity contribution in [1.82, 2.24) is 5.32 Å².